The van der Waals surface area contributed by atoms with Crippen molar-refractivity contribution in [2.75, 3.05) is 12.4 Å². The summed E-state index contributed by atoms with van der Waals surface area (Å²) in [6.07, 6.45) is -0.637. The fourth-order valence-corrected chi connectivity index (χ4v) is 2.25. The van der Waals surface area contributed by atoms with E-state index in [2.05, 4.69) is 28.6 Å². The first kappa shape index (κ1) is 25.6. The molecule has 0 rings (SSSR count). The molecule has 0 bridgehead atoms. The maximum Gasteiger partial charge on any atom is 0.328 e. The summed E-state index contributed by atoms with van der Waals surface area (Å²) in [5.74, 6) is -5.87. The molecule has 0 spiro atoms. The van der Waals surface area contributed by atoms with Crippen LogP contribution in [0.15, 0.2) is 0 Å². The molecule has 28 heavy (non-hydrogen) atoms. The van der Waals surface area contributed by atoms with Crippen molar-refractivity contribution >= 4 is 42.3 Å². The van der Waals surface area contributed by atoms with Gasteiger partial charge in [-0.1, -0.05) is 13.8 Å². The minimum Gasteiger partial charge on any atom is -0.481 e. The molecule has 8 N–H and O–H groups in total. The Morgan fingerprint density at radius 2 is 1.46 bits per heavy atom. The first-order valence-corrected chi connectivity index (χ1v) is 8.90. The summed E-state index contributed by atoms with van der Waals surface area (Å²) in [6.45, 7) is 2.35. The average Bonchev–Trinajstić information content (AvgIpc) is 2.60. The van der Waals surface area contributed by atoms with Gasteiger partial charge in [-0.3, -0.25) is 19.2 Å². The van der Waals surface area contributed by atoms with Gasteiger partial charge in [0, 0.05) is 5.75 Å². The summed E-state index contributed by atoms with van der Waals surface area (Å²) in [5, 5.41) is 33.2. The molecule has 3 amide bonds. The number of thiol groups is 1. The Morgan fingerprint density at radius 1 is 0.929 bits per heavy atom. The fraction of sp³-hybridized carbons (Fsp3) is 0.667. The van der Waals surface area contributed by atoms with E-state index in [0.29, 0.717) is 0 Å². The molecule has 12 nitrogen and oxygen atoms in total. The fourth-order valence-electron chi connectivity index (χ4n) is 1.99. The molecule has 0 saturated carbocycles. The third-order valence-corrected chi connectivity index (χ3v) is 3.96. The van der Waals surface area contributed by atoms with Crippen LogP contribution in [0.4, 0.5) is 0 Å². The SMILES string of the molecule is CC(C)C(NC(=O)C(CS)NC(=O)C(N)CC(=O)O)C(=O)NC(CO)C(=O)O. The number of aliphatic hydroxyl groups excluding tert-OH is 1. The standard InChI is InChI=1S/C15H26N4O8S/c1-6(2)11(14(25)17-8(4-20)15(26)27)19-13(24)9(5-28)18-12(23)7(16)3-10(21)22/h6-9,11,20,28H,3-5,16H2,1-2H3,(H,17,25)(H,18,23)(H,19,24)(H,21,22)(H,26,27). The van der Waals surface area contributed by atoms with Gasteiger partial charge < -0.3 is 37.0 Å². The Labute approximate surface area is 166 Å². The smallest absolute Gasteiger partial charge is 0.328 e. The normalized spacial score (nSPS) is 15.1. The third-order valence-electron chi connectivity index (χ3n) is 3.59. The van der Waals surface area contributed by atoms with Gasteiger partial charge >= 0.3 is 11.9 Å². The lowest BCUT2D eigenvalue weighted by molar-refractivity contribution is -0.143. The van der Waals surface area contributed by atoms with Crippen LogP contribution in [0.1, 0.15) is 20.3 Å². The third kappa shape index (κ3) is 8.54. The van der Waals surface area contributed by atoms with E-state index in [1.165, 1.54) is 0 Å². The van der Waals surface area contributed by atoms with Crippen molar-refractivity contribution in [2.45, 2.75) is 44.4 Å². The molecule has 0 aromatic rings. The van der Waals surface area contributed by atoms with Crippen molar-refractivity contribution in [3.05, 3.63) is 0 Å². The van der Waals surface area contributed by atoms with E-state index in [4.69, 9.17) is 21.1 Å². The number of carboxylic acid groups (broad SMARTS) is 2. The number of aliphatic hydroxyl groups is 1. The van der Waals surface area contributed by atoms with Crippen LogP contribution in [0.5, 0.6) is 0 Å². The van der Waals surface area contributed by atoms with Crippen LogP contribution < -0.4 is 21.7 Å². The molecule has 0 saturated heterocycles. The van der Waals surface area contributed by atoms with Gasteiger partial charge in [-0.15, -0.1) is 0 Å². The lowest BCUT2D eigenvalue weighted by Gasteiger charge is -2.26. The Balaban J connectivity index is 5.09. The van der Waals surface area contributed by atoms with E-state index < -0.39 is 72.8 Å². The number of carbonyl (C=O) groups excluding carboxylic acids is 3. The predicted molar refractivity (Wildman–Crippen MR) is 99.4 cm³/mol. The molecule has 0 fully saturated rings. The lowest BCUT2D eigenvalue weighted by Crippen LogP contribution is -2.59. The first-order chi connectivity index (χ1) is 12.9. The number of carboxylic acids is 2. The second kappa shape index (κ2) is 12.2. The van der Waals surface area contributed by atoms with Crippen LogP contribution in [0.3, 0.4) is 0 Å². The van der Waals surface area contributed by atoms with Gasteiger partial charge in [0.15, 0.2) is 0 Å². The minimum absolute atomic E-state index is 0.168. The zero-order chi connectivity index (χ0) is 22.0. The molecule has 13 heteroatoms. The van der Waals surface area contributed by atoms with Crippen molar-refractivity contribution in [2.24, 2.45) is 11.7 Å². The molecule has 4 unspecified atom stereocenters. The molecule has 0 aromatic heterocycles. The monoisotopic (exact) mass is 422 g/mol. The maximum atomic E-state index is 12.4. The van der Waals surface area contributed by atoms with Crippen LogP contribution in [0, 0.1) is 5.92 Å². The van der Waals surface area contributed by atoms with Crippen LogP contribution in [0.2, 0.25) is 0 Å². The number of hydrogen-bond donors (Lipinski definition) is 8. The van der Waals surface area contributed by atoms with Gasteiger partial charge in [-0.2, -0.15) is 12.6 Å². The Kier molecular flexibility index (Phi) is 11.1. The minimum atomic E-state index is -1.54. The zero-order valence-corrected chi connectivity index (χ0v) is 16.3. The van der Waals surface area contributed by atoms with Gasteiger partial charge in [0.2, 0.25) is 17.7 Å². The highest BCUT2D eigenvalue weighted by Gasteiger charge is 2.31. The number of nitrogens with two attached hydrogens (primary N) is 1. The van der Waals surface area contributed by atoms with E-state index in [-0.39, 0.29) is 5.75 Å². The number of carbonyl (C=O) groups is 5. The largest absolute Gasteiger partial charge is 0.481 e. The lowest BCUT2D eigenvalue weighted by atomic mass is 10.0. The molecule has 0 aliphatic carbocycles. The topological polar surface area (TPSA) is 208 Å². The molecule has 0 aromatic carbocycles. The number of hydrogen-bond acceptors (Lipinski definition) is 8. The van der Waals surface area contributed by atoms with E-state index in [1.807, 2.05) is 0 Å². The van der Waals surface area contributed by atoms with Gasteiger partial charge in [0.1, 0.15) is 18.1 Å². The highest BCUT2D eigenvalue weighted by Crippen LogP contribution is 2.04. The summed E-state index contributed by atoms with van der Waals surface area (Å²) in [7, 11) is 0. The molecular formula is C15H26N4O8S. The highest BCUT2D eigenvalue weighted by atomic mass is 32.1. The Hall–Kier alpha value is -2.38. The van der Waals surface area contributed by atoms with Crippen molar-refractivity contribution in [1.82, 2.24) is 16.0 Å². The van der Waals surface area contributed by atoms with Gasteiger partial charge in [-0.25, -0.2) is 4.79 Å². The predicted octanol–water partition coefficient (Wildman–Crippen LogP) is -3.09. The molecule has 0 radical (unpaired) electrons. The van der Waals surface area contributed by atoms with Crippen LogP contribution in [-0.4, -0.2) is 81.5 Å². The van der Waals surface area contributed by atoms with Crippen molar-refractivity contribution in [3.63, 3.8) is 0 Å². The number of aliphatic carboxylic acids is 2. The molecule has 0 heterocycles. The van der Waals surface area contributed by atoms with E-state index in [0.717, 1.165) is 0 Å². The van der Waals surface area contributed by atoms with E-state index >= 15 is 0 Å². The molecule has 0 aliphatic rings. The zero-order valence-electron chi connectivity index (χ0n) is 15.4. The molecular weight excluding hydrogens is 396 g/mol. The number of amides is 3. The van der Waals surface area contributed by atoms with Crippen molar-refractivity contribution in [3.8, 4) is 0 Å². The van der Waals surface area contributed by atoms with Gasteiger partial charge in [-0.05, 0) is 5.92 Å². The summed E-state index contributed by atoms with van der Waals surface area (Å²) in [5.41, 5.74) is 5.42. The maximum absolute atomic E-state index is 12.4. The summed E-state index contributed by atoms with van der Waals surface area (Å²) in [4.78, 5) is 58.1. The van der Waals surface area contributed by atoms with E-state index in [9.17, 15) is 24.0 Å². The second-order valence-electron chi connectivity index (χ2n) is 6.26. The van der Waals surface area contributed by atoms with Crippen molar-refractivity contribution in [1.29, 1.82) is 0 Å². The Morgan fingerprint density at radius 3 is 1.86 bits per heavy atom. The second-order valence-corrected chi connectivity index (χ2v) is 6.63. The molecule has 160 valence electrons. The van der Waals surface area contributed by atoms with Gasteiger partial charge in [0.25, 0.3) is 0 Å². The average molecular weight is 422 g/mol. The number of nitrogens with one attached hydrogen (secondary N) is 3. The summed E-state index contributed by atoms with van der Waals surface area (Å²) >= 11 is 3.95. The first-order valence-electron chi connectivity index (χ1n) is 8.27. The quantitative estimate of drug-likeness (QED) is 0.150. The molecule has 4 atom stereocenters. The van der Waals surface area contributed by atoms with Crippen molar-refractivity contribution < 1.29 is 39.3 Å². The summed E-state index contributed by atoms with van der Waals surface area (Å²) < 4.78 is 0. The van der Waals surface area contributed by atoms with E-state index in [1.54, 1.807) is 13.8 Å². The molecule has 0 aliphatic heterocycles. The summed E-state index contributed by atoms with van der Waals surface area (Å²) in [6, 6.07) is -5.29. The number of rotatable bonds is 12. The Bertz CT molecular complexity index is 601. The van der Waals surface area contributed by atoms with Crippen LogP contribution in [-0.2, 0) is 24.0 Å². The van der Waals surface area contributed by atoms with Crippen LogP contribution >= 0.6 is 12.6 Å². The highest BCUT2D eigenvalue weighted by molar-refractivity contribution is 7.80. The van der Waals surface area contributed by atoms with Gasteiger partial charge in [0.05, 0.1) is 19.1 Å². The van der Waals surface area contributed by atoms with Crippen LogP contribution in [0.25, 0.3) is 0 Å².